The molecule has 0 fully saturated rings. The highest BCUT2D eigenvalue weighted by Gasteiger charge is 2.14. The van der Waals surface area contributed by atoms with Gasteiger partial charge in [0, 0.05) is 16.6 Å². The van der Waals surface area contributed by atoms with Gasteiger partial charge in [-0.25, -0.2) is 0 Å². The van der Waals surface area contributed by atoms with Crippen LogP contribution in [0.4, 0.5) is 0 Å². The van der Waals surface area contributed by atoms with Crippen molar-refractivity contribution in [3.8, 4) is 11.5 Å². The van der Waals surface area contributed by atoms with Gasteiger partial charge in [0.25, 0.3) is 0 Å². The third-order valence-electron chi connectivity index (χ3n) is 3.04. The molecule has 0 aliphatic rings. The van der Waals surface area contributed by atoms with Gasteiger partial charge in [-0.2, -0.15) is 0 Å². The van der Waals surface area contributed by atoms with Crippen LogP contribution in [0.3, 0.4) is 0 Å². The molecular weight excluding hydrogens is 274 g/mol. The molecule has 0 amide bonds. The molecule has 0 bridgehead atoms. The van der Waals surface area contributed by atoms with Crippen LogP contribution in [0.2, 0.25) is 5.02 Å². The summed E-state index contributed by atoms with van der Waals surface area (Å²) in [4.78, 5) is 0. The predicted molar refractivity (Wildman–Crippen MR) is 81.4 cm³/mol. The second-order valence-electron chi connectivity index (χ2n) is 4.54. The van der Waals surface area contributed by atoms with Crippen molar-refractivity contribution in [3.63, 3.8) is 0 Å². The van der Waals surface area contributed by atoms with E-state index in [0.717, 1.165) is 22.6 Å². The summed E-state index contributed by atoms with van der Waals surface area (Å²) in [6.07, 6.45) is 0. The van der Waals surface area contributed by atoms with Gasteiger partial charge in [-0.15, -0.1) is 0 Å². The number of ether oxygens (including phenoxy) is 2. The van der Waals surface area contributed by atoms with E-state index in [4.69, 9.17) is 26.8 Å². The zero-order valence-electron chi connectivity index (χ0n) is 11.6. The quantitative estimate of drug-likeness (QED) is 0.907. The Labute approximate surface area is 124 Å². The Morgan fingerprint density at radius 1 is 1.10 bits per heavy atom. The Kier molecular flexibility index (Phi) is 4.88. The summed E-state index contributed by atoms with van der Waals surface area (Å²) < 4.78 is 11.2. The van der Waals surface area contributed by atoms with Gasteiger partial charge in [0.1, 0.15) is 18.1 Å². The lowest BCUT2D eigenvalue weighted by Crippen LogP contribution is -2.10. The molecule has 20 heavy (non-hydrogen) atoms. The van der Waals surface area contributed by atoms with Gasteiger partial charge in [-0.05, 0) is 25.1 Å². The zero-order valence-corrected chi connectivity index (χ0v) is 12.4. The van der Waals surface area contributed by atoms with Crippen LogP contribution in [-0.4, -0.2) is 7.11 Å². The first-order valence-electron chi connectivity index (χ1n) is 6.42. The summed E-state index contributed by atoms with van der Waals surface area (Å²) in [6.45, 7) is 2.30. The van der Waals surface area contributed by atoms with Crippen molar-refractivity contribution in [2.75, 3.05) is 7.11 Å². The lowest BCUT2D eigenvalue weighted by molar-refractivity contribution is 0.297. The first kappa shape index (κ1) is 14.7. The summed E-state index contributed by atoms with van der Waals surface area (Å²) in [5.41, 5.74) is 7.80. The maximum absolute atomic E-state index is 6.12. The molecular formula is C16H18ClNO2. The SMILES string of the molecule is COc1cccc(OCc2ccccc2Cl)c1[C@H](C)N. The van der Waals surface area contributed by atoms with Gasteiger partial charge in [-0.1, -0.05) is 35.9 Å². The van der Waals surface area contributed by atoms with E-state index in [9.17, 15) is 0 Å². The van der Waals surface area contributed by atoms with Gasteiger partial charge in [0.2, 0.25) is 0 Å². The monoisotopic (exact) mass is 291 g/mol. The van der Waals surface area contributed by atoms with Crippen LogP contribution in [0.1, 0.15) is 24.1 Å². The molecule has 0 aromatic heterocycles. The van der Waals surface area contributed by atoms with Crippen molar-refractivity contribution >= 4 is 11.6 Å². The molecule has 4 heteroatoms. The van der Waals surface area contributed by atoms with Crippen molar-refractivity contribution in [3.05, 3.63) is 58.6 Å². The van der Waals surface area contributed by atoms with Gasteiger partial charge in [0.05, 0.1) is 12.7 Å². The number of nitrogens with two attached hydrogens (primary N) is 1. The molecule has 0 unspecified atom stereocenters. The van der Waals surface area contributed by atoms with E-state index in [0.29, 0.717) is 11.6 Å². The Hall–Kier alpha value is -1.71. The highest BCUT2D eigenvalue weighted by Crippen LogP contribution is 2.33. The van der Waals surface area contributed by atoms with Crippen LogP contribution >= 0.6 is 11.6 Å². The van der Waals surface area contributed by atoms with Crippen molar-refractivity contribution in [2.45, 2.75) is 19.6 Å². The maximum Gasteiger partial charge on any atom is 0.128 e. The average molecular weight is 292 g/mol. The van der Waals surface area contributed by atoms with E-state index in [1.807, 2.05) is 49.4 Å². The zero-order chi connectivity index (χ0) is 14.5. The smallest absolute Gasteiger partial charge is 0.128 e. The lowest BCUT2D eigenvalue weighted by atomic mass is 10.1. The summed E-state index contributed by atoms with van der Waals surface area (Å²) in [5, 5.41) is 0.692. The topological polar surface area (TPSA) is 44.5 Å². The molecule has 106 valence electrons. The lowest BCUT2D eigenvalue weighted by Gasteiger charge is -2.17. The number of hydrogen-bond acceptors (Lipinski definition) is 3. The van der Waals surface area contributed by atoms with Crippen LogP contribution in [0, 0.1) is 0 Å². The van der Waals surface area contributed by atoms with E-state index in [1.54, 1.807) is 7.11 Å². The van der Waals surface area contributed by atoms with E-state index in [2.05, 4.69) is 0 Å². The molecule has 0 aliphatic carbocycles. The second-order valence-corrected chi connectivity index (χ2v) is 4.95. The first-order chi connectivity index (χ1) is 9.63. The molecule has 1 atom stereocenters. The largest absolute Gasteiger partial charge is 0.496 e. The fraction of sp³-hybridized carbons (Fsp3) is 0.250. The Morgan fingerprint density at radius 3 is 2.45 bits per heavy atom. The minimum absolute atomic E-state index is 0.174. The van der Waals surface area contributed by atoms with Crippen molar-refractivity contribution in [2.24, 2.45) is 5.73 Å². The fourth-order valence-electron chi connectivity index (χ4n) is 2.05. The highest BCUT2D eigenvalue weighted by atomic mass is 35.5. The molecule has 2 aromatic carbocycles. The van der Waals surface area contributed by atoms with Gasteiger partial charge in [-0.3, -0.25) is 0 Å². The standard InChI is InChI=1S/C16H18ClNO2/c1-11(18)16-14(19-2)8-5-9-15(16)20-10-12-6-3-4-7-13(12)17/h3-9,11H,10,18H2,1-2H3/t11-/m0/s1. The summed E-state index contributed by atoms with van der Waals surface area (Å²) in [6, 6.07) is 13.1. The van der Waals surface area contributed by atoms with Crippen LogP contribution < -0.4 is 15.2 Å². The molecule has 0 spiro atoms. The minimum Gasteiger partial charge on any atom is -0.496 e. The van der Waals surface area contributed by atoms with Crippen LogP contribution in [0.15, 0.2) is 42.5 Å². The summed E-state index contributed by atoms with van der Waals surface area (Å²) in [7, 11) is 1.62. The number of rotatable bonds is 5. The Bertz CT molecular complexity index is 584. The van der Waals surface area contributed by atoms with Gasteiger partial charge in [0.15, 0.2) is 0 Å². The highest BCUT2D eigenvalue weighted by molar-refractivity contribution is 6.31. The van der Waals surface area contributed by atoms with Gasteiger partial charge < -0.3 is 15.2 Å². The van der Waals surface area contributed by atoms with Gasteiger partial charge >= 0.3 is 0 Å². The number of hydrogen-bond donors (Lipinski definition) is 1. The molecule has 0 saturated carbocycles. The fourth-order valence-corrected chi connectivity index (χ4v) is 2.24. The molecule has 0 radical (unpaired) electrons. The third kappa shape index (κ3) is 3.24. The Balaban J connectivity index is 2.24. The number of methoxy groups -OCH3 is 1. The Morgan fingerprint density at radius 2 is 1.80 bits per heavy atom. The molecule has 2 N–H and O–H groups in total. The third-order valence-corrected chi connectivity index (χ3v) is 3.41. The van der Waals surface area contributed by atoms with Crippen molar-refractivity contribution < 1.29 is 9.47 Å². The molecule has 2 aromatic rings. The average Bonchev–Trinajstić information content (AvgIpc) is 2.45. The predicted octanol–water partition coefficient (Wildman–Crippen LogP) is 3.95. The minimum atomic E-state index is -0.174. The summed E-state index contributed by atoms with van der Waals surface area (Å²) in [5.74, 6) is 1.45. The molecule has 0 heterocycles. The number of benzene rings is 2. The molecule has 2 rings (SSSR count). The molecule has 3 nitrogen and oxygen atoms in total. The normalized spacial score (nSPS) is 12.0. The maximum atomic E-state index is 6.12. The van der Waals surface area contributed by atoms with Crippen molar-refractivity contribution in [1.82, 2.24) is 0 Å². The van der Waals surface area contributed by atoms with E-state index in [-0.39, 0.29) is 6.04 Å². The number of halogens is 1. The second kappa shape index (κ2) is 6.64. The summed E-state index contributed by atoms with van der Waals surface area (Å²) >= 11 is 6.12. The van der Waals surface area contributed by atoms with Crippen LogP contribution in [0.5, 0.6) is 11.5 Å². The first-order valence-corrected chi connectivity index (χ1v) is 6.80. The van der Waals surface area contributed by atoms with E-state index in [1.165, 1.54) is 0 Å². The van der Waals surface area contributed by atoms with Crippen LogP contribution in [0.25, 0.3) is 0 Å². The van der Waals surface area contributed by atoms with Crippen molar-refractivity contribution in [1.29, 1.82) is 0 Å². The van der Waals surface area contributed by atoms with E-state index < -0.39 is 0 Å². The molecule has 0 saturated heterocycles. The van der Waals surface area contributed by atoms with Crippen LogP contribution in [-0.2, 0) is 6.61 Å². The molecule has 0 aliphatic heterocycles. The van der Waals surface area contributed by atoms with E-state index >= 15 is 0 Å².